The highest BCUT2D eigenvalue weighted by atomic mass is 79.9. The minimum Gasteiger partial charge on any atom is -0.313 e. The van der Waals surface area contributed by atoms with Gasteiger partial charge in [-0.3, -0.25) is 0 Å². The predicted molar refractivity (Wildman–Crippen MR) is 85.8 cm³/mol. The average Bonchev–Trinajstić information content (AvgIpc) is 2.39. The van der Waals surface area contributed by atoms with Crippen molar-refractivity contribution in [2.24, 2.45) is 0 Å². The first-order chi connectivity index (χ1) is 9.11. The third-order valence-corrected chi connectivity index (χ3v) is 4.32. The summed E-state index contributed by atoms with van der Waals surface area (Å²) in [6.07, 6.45) is 0.873. The molecule has 0 heterocycles. The fourth-order valence-corrected chi connectivity index (χ4v) is 3.15. The number of hydrogen-bond donors (Lipinski definition) is 1. The van der Waals surface area contributed by atoms with Crippen LogP contribution in [0.1, 0.15) is 22.7 Å². The van der Waals surface area contributed by atoms with E-state index in [1.165, 1.54) is 11.1 Å². The number of benzene rings is 2. The highest BCUT2D eigenvalue weighted by molar-refractivity contribution is 9.10. The molecule has 2 aromatic carbocycles. The van der Waals surface area contributed by atoms with Gasteiger partial charge in [0.1, 0.15) is 0 Å². The molecule has 0 aliphatic heterocycles. The van der Waals surface area contributed by atoms with E-state index in [0.717, 1.165) is 21.5 Å². The molecule has 0 amide bonds. The van der Waals surface area contributed by atoms with Gasteiger partial charge in [0.05, 0.1) is 0 Å². The van der Waals surface area contributed by atoms with E-state index in [1.54, 1.807) is 0 Å². The Labute approximate surface area is 128 Å². The van der Waals surface area contributed by atoms with E-state index in [2.05, 4.69) is 52.4 Å². The molecule has 0 saturated heterocycles. The van der Waals surface area contributed by atoms with Crippen LogP contribution in [-0.2, 0) is 6.42 Å². The van der Waals surface area contributed by atoms with Gasteiger partial charge in [0.25, 0.3) is 0 Å². The average molecular weight is 339 g/mol. The summed E-state index contributed by atoms with van der Waals surface area (Å²) in [6, 6.07) is 14.7. The summed E-state index contributed by atoms with van der Waals surface area (Å²) in [5, 5.41) is 4.19. The summed E-state index contributed by atoms with van der Waals surface area (Å²) < 4.78 is 1.14. The van der Waals surface area contributed by atoms with Crippen molar-refractivity contribution in [3.8, 4) is 0 Å². The molecule has 1 nitrogen and oxygen atoms in total. The van der Waals surface area contributed by atoms with Crippen LogP contribution in [0.4, 0.5) is 0 Å². The molecule has 0 aliphatic rings. The van der Waals surface area contributed by atoms with E-state index in [0.29, 0.717) is 0 Å². The van der Waals surface area contributed by atoms with Gasteiger partial charge in [-0.1, -0.05) is 57.9 Å². The van der Waals surface area contributed by atoms with Crippen molar-refractivity contribution in [3.63, 3.8) is 0 Å². The smallest absolute Gasteiger partial charge is 0.0438 e. The third kappa shape index (κ3) is 3.59. The molecule has 0 saturated carbocycles. The maximum Gasteiger partial charge on any atom is 0.0438 e. The Hall–Kier alpha value is -0.830. The van der Waals surface area contributed by atoms with E-state index in [9.17, 15) is 0 Å². The van der Waals surface area contributed by atoms with Gasteiger partial charge in [-0.2, -0.15) is 0 Å². The van der Waals surface area contributed by atoms with Crippen LogP contribution in [0.2, 0.25) is 5.02 Å². The summed E-state index contributed by atoms with van der Waals surface area (Å²) in [5.74, 6) is 0. The molecule has 1 atom stereocenters. The Bertz CT molecular complexity index is 568. The van der Waals surface area contributed by atoms with Crippen LogP contribution in [-0.4, -0.2) is 7.05 Å². The SMILES string of the molecule is CNC(Cc1ccccc1Cl)c1ccc(C)cc1Br. The summed E-state index contributed by atoms with van der Waals surface area (Å²) in [6.45, 7) is 2.09. The van der Waals surface area contributed by atoms with E-state index in [4.69, 9.17) is 11.6 Å². The molecule has 100 valence electrons. The lowest BCUT2D eigenvalue weighted by Gasteiger charge is -2.19. The lowest BCUT2D eigenvalue weighted by atomic mass is 9.98. The molecular formula is C16H17BrClN. The Balaban J connectivity index is 2.28. The number of likely N-dealkylation sites (N-methyl/N-ethyl adjacent to an activating group) is 1. The Morgan fingerprint density at radius 3 is 2.58 bits per heavy atom. The predicted octanol–water partition coefficient (Wildman–Crippen LogP) is 4.91. The second-order valence-corrected chi connectivity index (χ2v) is 5.92. The minimum atomic E-state index is 0.245. The standard InChI is InChI=1S/C16H17BrClN/c1-11-7-8-13(14(17)9-11)16(19-2)10-12-5-3-4-6-15(12)18/h3-9,16,19H,10H2,1-2H3. The fourth-order valence-electron chi connectivity index (χ4n) is 2.17. The molecule has 1 N–H and O–H groups in total. The molecule has 19 heavy (non-hydrogen) atoms. The summed E-state index contributed by atoms with van der Waals surface area (Å²) in [7, 11) is 1.98. The summed E-state index contributed by atoms with van der Waals surface area (Å²) in [5.41, 5.74) is 3.67. The first kappa shape index (κ1) is 14.6. The Morgan fingerprint density at radius 2 is 1.95 bits per heavy atom. The molecule has 0 bridgehead atoms. The fraction of sp³-hybridized carbons (Fsp3) is 0.250. The van der Waals surface area contributed by atoms with E-state index < -0.39 is 0 Å². The maximum atomic E-state index is 6.24. The largest absolute Gasteiger partial charge is 0.313 e. The van der Waals surface area contributed by atoms with Crippen molar-refractivity contribution in [1.82, 2.24) is 5.32 Å². The van der Waals surface area contributed by atoms with Crippen LogP contribution in [0.25, 0.3) is 0 Å². The second kappa shape index (κ2) is 6.56. The molecule has 0 radical (unpaired) electrons. The van der Waals surface area contributed by atoms with Crippen LogP contribution in [0.15, 0.2) is 46.9 Å². The molecular weight excluding hydrogens is 322 g/mol. The lowest BCUT2D eigenvalue weighted by Crippen LogP contribution is -2.19. The Kier molecular flexibility index (Phi) is 5.03. The molecule has 3 heteroatoms. The molecule has 1 unspecified atom stereocenters. The van der Waals surface area contributed by atoms with Gasteiger partial charge in [-0.15, -0.1) is 0 Å². The molecule has 0 fully saturated rings. The van der Waals surface area contributed by atoms with Crippen LogP contribution in [0, 0.1) is 6.92 Å². The van der Waals surface area contributed by atoms with Crippen molar-refractivity contribution in [3.05, 3.63) is 68.7 Å². The first-order valence-electron chi connectivity index (χ1n) is 6.28. The number of aryl methyl sites for hydroxylation is 1. The van der Waals surface area contributed by atoms with Gasteiger partial charge in [0.15, 0.2) is 0 Å². The van der Waals surface area contributed by atoms with Gasteiger partial charge in [0, 0.05) is 15.5 Å². The zero-order valence-corrected chi connectivity index (χ0v) is 13.4. The van der Waals surface area contributed by atoms with Crippen molar-refractivity contribution in [2.75, 3.05) is 7.05 Å². The van der Waals surface area contributed by atoms with Crippen LogP contribution >= 0.6 is 27.5 Å². The van der Waals surface area contributed by atoms with E-state index in [-0.39, 0.29) is 6.04 Å². The minimum absolute atomic E-state index is 0.245. The van der Waals surface area contributed by atoms with Gasteiger partial charge in [-0.25, -0.2) is 0 Å². The zero-order valence-electron chi connectivity index (χ0n) is 11.1. The third-order valence-electron chi connectivity index (χ3n) is 3.26. The number of rotatable bonds is 4. The molecule has 0 spiro atoms. The molecule has 2 rings (SSSR count). The maximum absolute atomic E-state index is 6.24. The number of hydrogen-bond acceptors (Lipinski definition) is 1. The van der Waals surface area contributed by atoms with Crippen LogP contribution in [0.3, 0.4) is 0 Å². The van der Waals surface area contributed by atoms with Gasteiger partial charge >= 0.3 is 0 Å². The summed E-state index contributed by atoms with van der Waals surface area (Å²) >= 11 is 9.89. The molecule has 2 aromatic rings. The number of halogens is 2. The number of nitrogens with one attached hydrogen (secondary N) is 1. The van der Waals surface area contributed by atoms with Gasteiger partial charge in [0.2, 0.25) is 0 Å². The van der Waals surface area contributed by atoms with Gasteiger partial charge in [-0.05, 0) is 49.2 Å². The Morgan fingerprint density at radius 1 is 1.21 bits per heavy atom. The topological polar surface area (TPSA) is 12.0 Å². The monoisotopic (exact) mass is 337 g/mol. The van der Waals surface area contributed by atoms with Crippen LogP contribution < -0.4 is 5.32 Å². The highest BCUT2D eigenvalue weighted by Crippen LogP contribution is 2.28. The van der Waals surface area contributed by atoms with Crippen molar-refractivity contribution in [1.29, 1.82) is 0 Å². The van der Waals surface area contributed by atoms with Crippen LogP contribution in [0.5, 0.6) is 0 Å². The van der Waals surface area contributed by atoms with E-state index >= 15 is 0 Å². The van der Waals surface area contributed by atoms with Crippen molar-refractivity contribution in [2.45, 2.75) is 19.4 Å². The summed E-state index contributed by atoms with van der Waals surface area (Å²) in [4.78, 5) is 0. The van der Waals surface area contributed by atoms with Gasteiger partial charge < -0.3 is 5.32 Å². The van der Waals surface area contributed by atoms with Crippen molar-refractivity contribution < 1.29 is 0 Å². The first-order valence-corrected chi connectivity index (χ1v) is 7.45. The highest BCUT2D eigenvalue weighted by Gasteiger charge is 2.14. The molecule has 0 aliphatic carbocycles. The zero-order chi connectivity index (χ0) is 13.8. The van der Waals surface area contributed by atoms with E-state index in [1.807, 2.05) is 25.2 Å². The quantitative estimate of drug-likeness (QED) is 0.835. The molecule has 0 aromatic heterocycles. The normalized spacial score (nSPS) is 12.4. The second-order valence-electron chi connectivity index (χ2n) is 4.66. The van der Waals surface area contributed by atoms with Crippen molar-refractivity contribution >= 4 is 27.5 Å². The lowest BCUT2D eigenvalue weighted by molar-refractivity contribution is 0.589.